The molecule has 20 heavy (non-hydrogen) atoms. The average Bonchev–Trinajstić information content (AvgIpc) is 2.37. The molecule has 0 fully saturated rings. The van der Waals surface area contributed by atoms with E-state index in [-0.39, 0.29) is 16.5 Å². The maximum atomic E-state index is 13.3. The summed E-state index contributed by atoms with van der Waals surface area (Å²) >= 11 is 5.83. The van der Waals surface area contributed by atoms with Gasteiger partial charge < -0.3 is 9.64 Å². The Balaban J connectivity index is 3.01. The second-order valence-electron chi connectivity index (χ2n) is 4.88. The number of benzene rings is 1. The molecule has 6 heteroatoms. The third-order valence-electron chi connectivity index (χ3n) is 2.68. The zero-order chi connectivity index (χ0) is 15.3. The Hall–Kier alpha value is -1.20. The summed E-state index contributed by atoms with van der Waals surface area (Å²) < 4.78 is 31.3. The summed E-state index contributed by atoms with van der Waals surface area (Å²) in [5.74, 6) is -2.35. The van der Waals surface area contributed by atoms with Crippen molar-refractivity contribution in [1.82, 2.24) is 4.90 Å². The molecule has 0 aromatic heterocycles. The number of nitrogens with zero attached hydrogens (tertiary/aromatic N) is 1. The van der Waals surface area contributed by atoms with E-state index in [4.69, 9.17) is 16.3 Å². The molecule has 112 valence electrons. The molecule has 1 rings (SSSR count). The molecule has 0 bridgehead atoms. The SMILES string of the molecule is COCCN(CC(C)C)C(=O)c1cc(F)c(F)cc1Cl. The van der Waals surface area contributed by atoms with E-state index in [2.05, 4.69) is 0 Å². The molecular weight excluding hydrogens is 288 g/mol. The standard InChI is InChI=1S/C14H18ClF2NO2/c1-9(2)8-18(4-5-20-3)14(19)10-6-12(16)13(17)7-11(10)15/h6-7,9H,4-5,8H2,1-3H3. The third kappa shape index (κ3) is 4.42. The molecule has 0 aliphatic carbocycles. The molecule has 0 spiro atoms. The zero-order valence-corrected chi connectivity index (χ0v) is 12.5. The van der Waals surface area contributed by atoms with Gasteiger partial charge in [0.1, 0.15) is 0 Å². The molecule has 0 aliphatic rings. The van der Waals surface area contributed by atoms with E-state index in [9.17, 15) is 13.6 Å². The van der Waals surface area contributed by atoms with Crippen LogP contribution in [0.2, 0.25) is 5.02 Å². The number of amides is 1. The van der Waals surface area contributed by atoms with Crippen molar-refractivity contribution in [1.29, 1.82) is 0 Å². The van der Waals surface area contributed by atoms with Gasteiger partial charge in [-0.3, -0.25) is 4.79 Å². The Labute approximate surface area is 122 Å². The van der Waals surface area contributed by atoms with E-state index in [1.54, 1.807) is 0 Å². The average molecular weight is 306 g/mol. The Morgan fingerprint density at radius 2 is 1.95 bits per heavy atom. The van der Waals surface area contributed by atoms with Gasteiger partial charge in [-0.15, -0.1) is 0 Å². The Bertz CT molecular complexity index is 480. The largest absolute Gasteiger partial charge is 0.383 e. The highest BCUT2D eigenvalue weighted by Gasteiger charge is 2.21. The first-order chi connectivity index (χ1) is 9.36. The molecule has 0 atom stereocenters. The lowest BCUT2D eigenvalue weighted by atomic mass is 10.1. The van der Waals surface area contributed by atoms with Crippen molar-refractivity contribution in [3.05, 3.63) is 34.4 Å². The van der Waals surface area contributed by atoms with Crippen molar-refractivity contribution < 1.29 is 18.3 Å². The molecule has 0 heterocycles. The van der Waals surface area contributed by atoms with Crippen molar-refractivity contribution in [2.75, 3.05) is 26.8 Å². The first kappa shape index (κ1) is 16.9. The van der Waals surface area contributed by atoms with Crippen molar-refractivity contribution in [3.8, 4) is 0 Å². The van der Waals surface area contributed by atoms with Crippen molar-refractivity contribution >= 4 is 17.5 Å². The lowest BCUT2D eigenvalue weighted by molar-refractivity contribution is 0.0672. The van der Waals surface area contributed by atoms with Crippen LogP contribution < -0.4 is 0 Å². The highest BCUT2D eigenvalue weighted by atomic mass is 35.5. The smallest absolute Gasteiger partial charge is 0.255 e. The van der Waals surface area contributed by atoms with E-state index < -0.39 is 17.5 Å². The Morgan fingerprint density at radius 3 is 2.50 bits per heavy atom. The molecule has 3 nitrogen and oxygen atoms in total. The van der Waals surface area contributed by atoms with Crippen LogP contribution in [-0.2, 0) is 4.74 Å². The van der Waals surface area contributed by atoms with Crippen molar-refractivity contribution in [3.63, 3.8) is 0 Å². The molecule has 0 radical (unpaired) electrons. The van der Waals surface area contributed by atoms with Gasteiger partial charge in [-0.05, 0) is 18.1 Å². The fourth-order valence-corrected chi connectivity index (χ4v) is 2.01. The summed E-state index contributed by atoms with van der Waals surface area (Å²) in [6.07, 6.45) is 0. The number of carbonyl (C=O) groups excluding carboxylic acids is 1. The molecule has 1 aromatic rings. The van der Waals surface area contributed by atoms with Gasteiger partial charge in [0, 0.05) is 20.2 Å². The van der Waals surface area contributed by atoms with E-state index in [0.717, 1.165) is 12.1 Å². The van der Waals surface area contributed by atoms with Crippen LogP contribution in [0.1, 0.15) is 24.2 Å². The number of ether oxygens (including phenoxy) is 1. The summed E-state index contributed by atoms with van der Waals surface area (Å²) in [6.45, 7) is 5.12. The molecular formula is C14H18ClF2NO2. The summed E-state index contributed by atoms with van der Waals surface area (Å²) in [6, 6.07) is 1.65. The Morgan fingerprint density at radius 1 is 1.35 bits per heavy atom. The van der Waals surface area contributed by atoms with Crippen LogP contribution in [0.4, 0.5) is 8.78 Å². The first-order valence-corrected chi connectivity index (χ1v) is 6.67. The van der Waals surface area contributed by atoms with Gasteiger partial charge >= 0.3 is 0 Å². The fourth-order valence-electron chi connectivity index (χ4n) is 1.77. The molecule has 0 saturated carbocycles. The van der Waals surface area contributed by atoms with Gasteiger partial charge in [0.2, 0.25) is 0 Å². The number of hydrogen-bond donors (Lipinski definition) is 0. The minimum Gasteiger partial charge on any atom is -0.383 e. The number of carbonyl (C=O) groups is 1. The van der Waals surface area contributed by atoms with Crippen LogP contribution in [0.3, 0.4) is 0 Å². The Kier molecular flexibility index (Phi) is 6.36. The quantitative estimate of drug-likeness (QED) is 0.754. The molecule has 0 N–H and O–H groups in total. The normalized spacial score (nSPS) is 10.9. The summed E-state index contributed by atoms with van der Waals surface area (Å²) in [4.78, 5) is 13.9. The van der Waals surface area contributed by atoms with Crippen LogP contribution in [0, 0.1) is 17.6 Å². The number of methoxy groups -OCH3 is 1. The van der Waals surface area contributed by atoms with Crippen molar-refractivity contribution in [2.45, 2.75) is 13.8 Å². The maximum absolute atomic E-state index is 13.3. The first-order valence-electron chi connectivity index (χ1n) is 6.29. The topological polar surface area (TPSA) is 29.5 Å². The molecule has 0 saturated heterocycles. The summed E-state index contributed by atoms with van der Waals surface area (Å²) in [5, 5.41) is -0.0972. The fraction of sp³-hybridized carbons (Fsp3) is 0.500. The lowest BCUT2D eigenvalue weighted by Gasteiger charge is -2.24. The second kappa shape index (κ2) is 7.55. The van der Waals surface area contributed by atoms with Gasteiger partial charge in [0.05, 0.1) is 17.2 Å². The van der Waals surface area contributed by atoms with Crippen LogP contribution in [-0.4, -0.2) is 37.6 Å². The van der Waals surface area contributed by atoms with Crippen LogP contribution >= 0.6 is 11.6 Å². The maximum Gasteiger partial charge on any atom is 0.255 e. The molecule has 0 aliphatic heterocycles. The second-order valence-corrected chi connectivity index (χ2v) is 5.29. The highest BCUT2D eigenvalue weighted by molar-refractivity contribution is 6.33. The number of halogens is 3. The van der Waals surface area contributed by atoms with Gasteiger partial charge in [0.15, 0.2) is 11.6 Å². The summed E-state index contributed by atoms with van der Waals surface area (Å²) in [7, 11) is 1.53. The molecule has 0 unspecified atom stereocenters. The predicted octanol–water partition coefficient (Wildman–Crippen LogP) is 3.36. The van der Waals surface area contributed by atoms with Gasteiger partial charge in [-0.25, -0.2) is 8.78 Å². The number of rotatable bonds is 6. The third-order valence-corrected chi connectivity index (χ3v) is 2.99. The lowest BCUT2D eigenvalue weighted by Crippen LogP contribution is -2.37. The van der Waals surface area contributed by atoms with Crippen LogP contribution in [0.25, 0.3) is 0 Å². The minimum atomic E-state index is -1.09. The van der Waals surface area contributed by atoms with E-state index >= 15 is 0 Å². The van der Waals surface area contributed by atoms with Gasteiger partial charge in [0.25, 0.3) is 5.91 Å². The predicted molar refractivity (Wildman–Crippen MR) is 74.0 cm³/mol. The van der Waals surface area contributed by atoms with Gasteiger partial charge in [-0.2, -0.15) is 0 Å². The minimum absolute atomic E-state index is 0.0395. The summed E-state index contributed by atoms with van der Waals surface area (Å²) in [5.41, 5.74) is -0.0395. The highest BCUT2D eigenvalue weighted by Crippen LogP contribution is 2.22. The number of hydrogen-bond acceptors (Lipinski definition) is 2. The van der Waals surface area contributed by atoms with E-state index in [1.165, 1.54) is 12.0 Å². The van der Waals surface area contributed by atoms with Gasteiger partial charge in [-0.1, -0.05) is 25.4 Å². The van der Waals surface area contributed by atoms with Crippen molar-refractivity contribution in [2.24, 2.45) is 5.92 Å². The monoisotopic (exact) mass is 305 g/mol. The van der Waals surface area contributed by atoms with Crippen LogP contribution in [0.5, 0.6) is 0 Å². The molecule has 1 amide bonds. The molecule has 1 aromatic carbocycles. The van der Waals surface area contributed by atoms with Crippen LogP contribution in [0.15, 0.2) is 12.1 Å². The zero-order valence-electron chi connectivity index (χ0n) is 11.8. The van der Waals surface area contributed by atoms with E-state index in [0.29, 0.717) is 19.7 Å². The van der Waals surface area contributed by atoms with E-state index in [1.807, 2.05) is 13.8 Å².